The first-order valence-electron chi connectivity index (χ1n) is 9.15. The summed E-state index contributed by atoms with van der Waals surface area (Å²) in [6.07, 6.45) is -7.02. The van der Waals surface area contributed by atoms with Gasteiger partial charge in [0, 0.05) is 12.6 Å². The number of carbonyl (C=O) groups is 1. The Bertz CT molecular complexity index is 1140. The highest BCUT2D eigenvalue weighted by Crippen LogP contribution is 2.34. The number of hydrogen-bond donors (Lipinski definition) is 3. The van der Waals surface area contributed by atoms with Crippen molar-refractivity contribution >= 4 is 23.2 Å². The zero-order valence-corrected chi connectivity index (χ0v) is 17.8. The van der Waals surface area contributed by atoms with Gasteiger partial charge in [-0.3, -0.25) is 14.6 Å². The van der Waals surface area contributed by atoms with Crippen molar-refractivity contribution in [2.45, 2.75) is 32.7 Å². The van der Waals surface area contributed by atoms with Crippen molar-refractivity contribution in [3.63, 3.8) is 0 Å². The van der Waals surface area contributed by atoms with Crippen LogP contribution < -0.4 is 10.1 Å². The SMILES string of the molecule is Cc1[nH]nc(Cl)c1NC(=O)c1cc(F)c(-c2cc(CO)n(C)n2)cc1O[C@@H](C)C(F)(F)F. The van der Waals surface area contributed by atoms with Crippen molar-refractivity contribution < 1.29 is 32.2 Å². The Morgan fingerprint density at radius 3 is 2.59 bits per heavy atom. The van der Waals surface area contributed by atoms with Gasteiger partial charge in [0.25, 0.3) is 5.91 Å². The fourth-order valence-corrected chi connectivity index (χ4v) is 3.02. The normalized spacial score (nSPS) is 12.7. The number of carbonyl (C=O) groups excluding carboxylic acids is 1. The van der Waals surface area contributed by atoms with Crippen LogP contribution in [0.4, 0.5) is 23.2 Å². The number of ether oxygens (including phenoxy) is 1. The van der Waals surface area contributed by atoms with Gasteiger partial charge in [0.2, 0.25) is 0 Å². The third kappa shape index (κ3) is 4.70. The lowest BCUT2D eigenvalue weighted by molar-refractivity contribution is -0.189. The van der Waals surface area contributed by atoms with Crippen molar-refractivity contribution in [3.05, 3.63) is 46.1 Å². The maximum atomic E-state index is 14.9. The molecule has 0 saturated carbocycles. The van der Waals surface area contributed by atoms with E-state index in [1.807, 2.05) is 0 Å². The monoisotopic (exact) mass is 475 g/mol. The van der Waals surface area contributed by atoms with E-state index in [9.17, 15) is 27.5 Å². The first-order chi connectivity index (χ1) is 14.9. The van der Waals surface area contributed by atoms with Crippen LogP contribution in [0.2, 0.25) is 5.15 Å². The van der Waals surface area contributed by atoms with E-state index >= 15 is 0 Å². The van der Waals surface area contributed by atoms with E-state index < -0.39 is 35.3 Å². The highest BCUT2D eigenvalue weighted by Gasteiger charge is 2.39. The number of anilines is 1. The molecule has 0 radical (unpaired) electrons. The zero-order valence-electron chi connectivity index (χ0n) is 17.0. The minimum Gasteiger partial charge on any atom is -0.480 e. The number of aromatic nitrogens is 4. The topological polar surface area (TPSA) is 105 Å². The Labute approximate surface area is 184 Å². The molecule has 1 aromatic carbocycles. The fourth-order valence-electron chi connectivity index (χ4n) is 2.79. The summed E-state index contributed by atoms with van der Waals surface area (Å²) in [5.41, 5.74) is 0.164. The van der Waals surface area contributed by atoms with E-state index in [4.69, 9.17) is 16.3 Å². The number of alkyl halides is 3. The van der Waals surface area contributed by atoms with E-state index in [-0.39, 0.29) is 28.7 Å². The molecule has 0 fully saturated rings. The van der Waals surface area contributed by atoms with Crippen LogP contribution in [0.1, 0.15) is 28.7 Å². The molecule has 172 valence electrons. The van der Waals surface area contributed by atoms with Gasteiger partial charge in [-0.1, -0.05) is 11.6 Å². The number of aliphatic hydroxyl groups is 1. The van der Waals surface area contributed by atoms with Crippen molar-refractivity contribution in [2.75, 3.05) is 5.32 Å². The molecular weight excluding hydrogens is 458 g/mol. The van der Waals surface area contributed by atoms with Crippen LogP contribution in [0.15, 0.2) is 18.2 Å². The lowest BCUT2D eigenvalue weighted by atomic mass is 10.1. The van der Waals surface area contributed by atoms with E-state index in [1.165, 1.54) is 17.8 Å². The van der Waals surface area contributed by atoms with Gasteiger partial charge in [0.15, 0.2) is 11.3 Å². The Morgan fingerprint density at radius 1 is 1.38 bits per heavy atom. The average molecular weight is 476 g/mol. The second-order valence-corrected chi connectivity index (χ2v) is 7.26. The molecule has 3 rings (SSSR count). The predicted molar refractivity (Wildman–Crippen MR) is 107 cm³/mol. The van der Waals surface area contributed by atoms with Crippen LogP contribution in [0.25, 0.3) is 11.3 Å². The van der Waals surface area contributed by atoms with Crippen molar-refractivity contribution in [2.24, 2.45) is 7.05 Å². The van der Waals surface area contributed by atoms with Crippen molar-refractivity contribution in [3.8, 4) is 17.0 Å². The molecule has 0 aliphatic carbocycles. The molecule has 2 heterocycles. The number of rotatable bonds is 6. The Hall–Kier alpha value is -3.12. The first kappa shape index (κ1) is 23.5. The van der Waals surface area contributed by atoms with Crippen LogP contribution in [-0.4, -0.2) is 43.3 Å². The molecule has 2 aromatic heterocycles. The third-order valence-electron chi connectivity index (χ3n) is 4.63. The number of halogens is 5. The van der Waals surface area contributed by atoms with Crippen LogP contribution in [0.5, 0.6) is 5.75 Å². The summed E-state index contributed by atoms with van der Waals surface area (Å²) in [4.78, 5) is 12.8. The van der Waals surface area contributed by atoms with Crippen molar-refractivity contribution in [1.29, 1.82) is 0 Å². The molecular formula is C19H18ClF4N5O3. The second-order valence-electron chi connectivity index (χ2n) is 6.90. The van der Waals surface area contributed by atoms with Gasteiger partial charge in [-0.2, -0.15) is 23.4 Å². The van der Waals surface area contributed by atoms with Crippen LogP contribution in [0.3, 0.4) is 0 Å². The number of aryl methyl sites for hydroxylation is 2. The Kier molecular flexibility index (Phi) is 6.46. The van der Waals surface area contributed by atoms with Crippen LogP contribution >= 0.6 is 11.6 Å². The minimum absolute atomic E-state index is 0.0410. The summed E-state index contributed by atoms with van der Waals surface area (Å²) in [5.74, 6) is -2.40. The summed E-state index contributed by atoms with van der Waals surface area (Å²) in [7, 11) is 1.51. The summed E-state index contributed by atoms with van der Waals surface area (Å²) in [6, 6.07) is 3.07. The number of amides is 1. The van der Waals surface area contributed by atoms with Gasteiger partial charge >= 0.3 is 6.18 Å². The average Bonchev–Trinajstić information content (AvgIpc) is 3.24. The Morgan fingerprint density at radius 2 is 2.06 bits per heavy atom. The summed E-state index contributed by atoms with van der Waals surface area (Å²) in [6.45, 7) is 1.93. The molecule has 0 spiro atoms. The maximum absolute atomic E-state index is 14.9. The molecule has 1 amide bonds. The molecule has 0 bridgehead atoms. The third-order valence-corrected chi connectivity index (χ3v) is 4.91. The number of hydrogen-bond acceptors (Lipinski definition) is 5. The molecule has 13 heteroatoms. The van der Waals surface area contributed by atoms with Gasteiger partial charge in [-0.15, -0.1) is 0 Å². The quantitative estimate of drug-likeness (QED) is 0.468. The number of aliphatic hydroxyl groups excluding tert-OH is 1. The molecule has 0 saturated heterocycles. The summed E-state index contributed by atoms with van der Waals surface area (Å²) in [5, 5.41) is 21.9. The smallest absolute Gasteiger partial charge is 0.425 e. The molecule has 0 unspecified atom stereocenters. The molecule has 32 heavy (non-hydrogen) atoms. The van der Waals surface area contributed by atoms with Gasteiger partial charge in [-0.25, -0.2) is 4.39 Å². The summed E-state index contributed by atoms with van der Waals surface area (Å²) < 4.78 is 60.5. The number of nitrogens with one attached hydrogen (secondary N) is 2. The largest absolute Gasteiger partial charge is 0.480 e. The highest BCUT2D eigenvalue weighted by molar-refractivity contribution is 6.33. The standard InChI is InChI=1S/C19H18ClF4N5O3/c1-8-16(17(20)27-26-8)25-18(31)12-5-13(21)11(14-4-10(7-30)29(3)28-14)6-15(12)32-9(2)19(22,23)24/h4-6,9,30H,7H2,1-3H3,(H,25,31)(H,26,27)/t9-/m0/s1. The molecule has 1 atom stereocenters. The lowest BCUT2D eigenvalue weighted by Crippen LogP contribution is -2.32. The number of H-pyrrole nitrogens is 1. The fraction of sp³-hybridized carbons (Fsp3) is 0.316. The molecule has 0 aliphatic heterocycles. The van der Waals surface area contributed by atoms with Crippen LogP contribution in [-0.2, 0) is 13.7 Å². The molecule has 0 aliphatic rings. The van der Waals surface area contributed by atoms with Gasteiger partial charge in [0.1, 0.15) is 17.3 Å². The van der Waals surface area contributed by atoms with E-state index in [1.54, 1.807) is 6.92 Å². The van der Waals surface area contributed by atoms with E-state index in [0.29, 0.717) is 11.4 Å². The molecule has 3 N–H and O–H groups in total. The van der Waals surface area contributed by atoms with Gasteiger partial charge in [0.05, 0.1) is 29.3 Å². The minimum atomic E-state index is -4.73. The summed E-state index contributed by atoms with van der Waals surface area (Å²) >= 11 is 5.89. The molecule has 8 nitrogen and oxygen atoms in total. The second kappa shape index (κ2) is 8.79. The first-order valence-corrected chi connectivity index (χ1v) is 9.53. The highest BCUT2D eigenvalue weighted by atomic mass is 35.5. The van der Waals surface area contributed by atoms with E-state index in [0.717, 1.165) is 19.1 Å². The number of nitrogens with zero attached hydrogens (tertiary/aromatic N) is 3. The van der Waals surface area contributed by atoms with Crippen molar-refractivity contribution in [1.82, 2.24) is 20.0 Å². The lowest BCUT2D eigenvalue weighted by Gasteiger charge is -2.20. The van der Waals surface area contributed by atoms with Crippen LogP contribution in [0, 0.1) is 12.7 Å². The number of aromatic amines is 1. The van der Waals surface area contributed by atoms with Gasteiger partial charge < -0.3 is 15.2 Å². The van der Waals surface area contributed by atoms with E-state index in [2.05, 4.69) is 20.6 Å². The van der Waals surface area contributed by atoms with Gasteiger partial charge in [-0.05, 0) is 32.0 Å². The number of benzene rings is 1. The predicted octanol–water partition coefficient (Wildman–Crippen LogP) is 3.99. The molecule has 3 aromatic rings. The Balaban J connectivity index is 2.08. The maximum Gasteiger partial charge on any atom is 0.425 e. The zero-order chi connectivity index (χ0) is 23.8.